The van der Waals surface area contributed by atoms with Gasteiger partial charge in [0.2, 0.25) is 0 Å². The summed E-state index contributed by atoms with van der Waals surface area (Å²) in [5, 5.41) is 0. The normalized spacial score (nSPS) is 16.8. The highest BCUT2D eigenvalue weighted by Gasteiger charge is 2.36. The van der Waals surface area contributed by atoms with Crippen LogP contribution in [-0.2, 0) is 11.3 Å². The lowest BCUT2D eigenvalue weighted by Crippen LogP contribution is -2.44. The third-order valence-electron chi connectivity index (χ3n) is 3.91. The van der Waals surface area contributed by atoms with Crippen molar-refractivity contribution in [1.82, 2.24) is 0 Å². The van der Waals surface area contributed by atoms with E-state index in [0.29, 0.717) is 5.56 Å². The summed E-state index contributed by atoms with van der Waals surface area (Å²) in [6.07, 6.45) is -3.63. The van der Waals surface area contributed by atoms with Gasteiger partial charge in [-0.25, -0.2) is 17.6 Å². The van der Waals surface area contributed by atoms with Crippen molar-refractivity contribution in [2.45, 2.75) is 26.0 Å². The van der Waals surface area contributed by atoms with Crippen molar-refractivity contribution in [2.24, 2.45) is 0 Å². The van der Waals surface area contributed by atoms with Gasteiger partial charge in [-0.15, -0.1) is 0 Å². The minimum Gasteiger partial charge on any atom is -0.478 e. The molecule has 0 saturated heterocycles. The second-order valence-corrected chi connectivity index (χ2v) is 5.67. The molecule has 2 aromatic rings. The van der Waals surface area contributed by atoms with E-state index in [1.165, 1.54) is 31.2 Å². The number of amides is 1. The largest absolute Gasteiger partial charge is 0.478 e. The molecule has 0 aliphatic carbocycles. The monoisotopic (exact) mass is 354 g/mol. The molecule has 2 N–H and O–H groups in total. The summed E-state index contributed by atoms with van der Waals surface area (Å²) in [4.78, 5) is 13.4. The Labute approximate surface area is 140 Å². The number of carbonyl (C=O) groups excluding carboxylic acids is 1. The number of halogens is 4. The summed E-state index contributed by atoms with van der Waals surface area (Å²) in [5.41, 5.74) is 4.68. The quantitative estimate of drug-likeness (QED) is 0.674. The van der Waals surface area contributed by atoms with Gasteiger partial charge in [-0.2, -0.15) is 0 Å². The van der Waals surface area contributed by atoms with Gasteiger partial charge < -0.3 is 10.5 Å². The second kappa shape index (κ2) is 6.27. The van der Waals surface area contributed by atoms with Crippen LogP contribution in [0.25, 0.3) is 0 Å². The number of hydrogen-bond donors (Lipinski definition) is 1. The maximum atomic E-state index is 14.4. The molecule has 1 atom stereocenters. The maximum absolute atomic E-state index is 14.4. The standard InChI is InChI=1S/C17H14F4N2O2/c1-8-17(24)23(7-9-3-2-4-10(5-9)16(20)21)15-12(25-8)6-11(22)13(18)14(15)19/h2-6,8,16H,7,22H2,1H3/t8-/m1/s1. The number of ether oxygens (including phenoxy) is 1. The lowest BCUT2D eigenvalue weighted by molar-refractivity contribution is -0.125. The van der Waals surface area contributed by atoms with Crippen molar-refractivity contribution in [3.63, 3.8) is 0 Å². The van der Waals surface area contributed by atoms with Gasteiger partial charge in [0.1, 0.15) is 11.4 Å². The Bertz CT molecular complexity index is 842. The summed E-state index contributed by atoms with van der Waals surface area (Å²) in [6, 6.07) is 6.48. The van der Waals surface area contributed by atoms with Gasteiger partial charge >= 0.3 is 0 Å². The van der Waals surface area contributed by atoms with Crippen LogP contribution in [0.3, 0.4) is 0 Å². The first kappa shape index (κ1) is 17.1. The number of hydrogen-bond acceptors (Lipinski definition) is 3. The minimum atomic E-state index is -2.68. The number of alkyl halides is 2. The highest BCUT2D eigenvalue weighted by atomic mass is 19.3. The summed E-state index contributed by atoms with van der Waals surface area (Å²) >= 11 is 0. The fourth-order valence-corrected chi connectivity index (χ4v) is 2.69. The summed E-state index contributed by atoms with van der Waals surface area (Å²) < 4.78 is 59.2. The fourth-order valence-electron chi connectivity index (χ4n) is 2.69. The van der Waals surface area contributed by atoms with Crippen LogP contribution in [-0.4, -0.2) is 12.0 Å². The number of benzene rings is 2. The predicted molar refractivity (Wildman–Crippen MR) is 83.4 cm³/mol. The molecule has 0 saturated carbocycles. The molecule has 1 amide bonds. The average molecular weight is 354 g/mol. The molecule has 0 aromatic heterocycles. The van der Waals surface area contributed by atoms with E-state index in [1.54, 1.807) is 0 Å². The van der Waals surface area contributed by atoms with Crippen molar-refractivity contribution in [1.29, 1.82) is 0 Å². The van der Waals surface area contributed by atoms with Crippen molar-refractivity contribution in [3.05, 3.63) is 53.1 Å². The van der Waals surface area contributed by atoms with Gasteiger partial charge in [0.05, 0.1) is 12.2 Å². The van der Waals surface area contributed by atoms with Gasteiger partial charge in [-0.05, 0) is 18.6 Å². The average Bonchev–Trinajstić information content (AvgIpc) is 2.57. The van der Waals surface area contributed by atoms with Crippen LogP contribution in [0.1, 0.15) is 24.5 Å². The first-order valence-corrected chi connectivity index (χ1v) is 7.42. The number of anilines is 2. The predicted octanol–water partition coefficient (Wildman–Crippen LogP) is 3.80. The maximum Gasteiger partial charge on any atom is 0.268 e. The Morgan fingerprint density at radius 1 is 1.24 bits per heavy atom. The molecule has 0 fully saturated rings. The molecule has 4 nitrogen and oxygen atoms in total. The zero-order valence-corrected chi connectivity index (χ0v) is 13.1. The first-order chi connectivity index (χ1) is 11.8. The Morgan fingerprint density at radius 2 is 1.96 bits per heavy atom. The molecule has 25 heavy (non-hydrogen) atoms. The fraction of sp³-hybridized carbons (Fsp3) is 0.235. The van der Waals surface area contributed by atoms with Gasteiger partial charge in [-0.3, -0.25) is 9.69 Å². The second-order valence-electron chi connectivity index (χ2n) is 5.67. The molecule has 8 heteroatoms. The molecule has 1 aliphatic heterocycles. The lowest BCUT2D eigenvalue weighted by Gasteiger charge is -2.33. The van der Waals surface area contributed by atoms with Crippen LogP contribution in [0.2, 0.25) is 0 Å². The van der Waals surface area contributed by atoms with E-state index in [-0.39, 0.29) is 17.9 Å². The first-order valence-electron chi connectivity index (χ1n) is 7.42. The summed E-state index contributed by atoms with van der Waals surface area (Å²) in [6.45, 7) is 1.24. The highest BCUT2D eigenvalue weighted by Crippen LogP contribution is 2.40. The topological polar surface area (TPSA) is 55.6 Å². The minimum absolute atomic E-state index is 0.0754. The number of nitrogens with two attached hydrogens (primary N) is 1. The van der Waals surface area contributed by atoms with Crippen LogP contribution in [0.4, 0.5) is 28.9 Å². The molecule has 0 bridgehead atoms. The molecule has 0 unspecified atom stereocenters. The molecule has 0 radical (unpaired) electrons. The molecule has 1 aliphatic rings. The van der Waals surface area contributed by atoms with E-state index < -0.39 is 41.4 Å². The van der Waals surface area contributed by atoms with E-state index in [0.717, 1.165) is 11.0 Å². The van der Waals surface area contributed by atoms with Crippen molar-refractivity contribution in [3.8, 4) is 5.75 Å². The number of nitrogens with zero attached hydrogens (tertiary/aromatic N) is 1. The third-order valence-corrected chi connectivity index (χ3v) is 3.91. The zero-order valence-electron chi connectivity index (χ0n) is 13.1. The number of carbonyl (C=O) groups is 1. The van der Waals surface area contributed by atoms with Crippen molar-refractivity contribution in [2.75, 3.05) is 10.6 Å². The molecule has 1 heterocycles. The van der Waals surface area contributed by atoms with Gasteiger partial charge in [-0.1, -0.05) is 18.2 Å². The highest BCUT2D eigenvalue weighted by molar-refractivity contribution is 6.00. The molecular weight excluding hydrogens is 340 g/mol. The van der Waals surface area contributed by atoms with Crippen LogP contribution in [0.5, 0.6) is 5.75 Å². The van der Waals surface area contributed by atoms with Crippen LogP contribution < -0.4 is 15.4 Å². The van der Waals surface area contributed by atoms with E-state index in [4.69, 9.17) is 10.5 Å². The molecule has 2 aromatic carbocycles. The SMILES string of the molecule is C[C@H]1Oc2cc(N)c(F)c(F)c2N(Cc2cccc(C(F)F)c2)C1=O. The molecule has 132 valence electrons. The van der Waals surface area contributed by atoms with Crippen molar-refractivity contribution >= 4 is 17.3 Å². The Morgan fingerprint density at radius 3 is 2.64 bits per heavy atom. The van der Waals surface area contributed by atoms with E-state index >= 15 is 0 Å². The van der Waals surface area contributed by atoms with E-state index in [9.17, 15) is 22.4 Å². The molecule has 0 spiro atoms. The number of rotatable bonds is 3. The summed E-state index contributed by atoms with van der Waals surface area (Å²) in [7, 11) is 0. The van der Waals surface area contributed by atoms with Crippen molar-refractivity contribution < 1.29 is 27.1 Å². The number of nitrogen functional groups attached to an aromatic ring is 1. The lowest BCUT2D eigenvalue weighted by atomic mass is 10.1. The van der Waals surface area contributed by atoms with E-state index in [2.05, 4.69) is 0 Å². The van der Waals surface area contributed by atoms with Crippen LogP contribution >= 0.6 is 0 Å². The molecular formula is C17H14F4N2O2. The van der Waals surface area contributed by atoms with Gasteiger partial charge in [0.25, 0.3) is 12.3 Å². The smallest absolute Gasteiger partial charge is 0.268 e. The van der Waals surface area contributed by atoms with Crippen LogP contribution in [0, 0.1) is 11.6 Å². The number of fused-ring (bicyclic) bond motifs is 1. The van der Waals surface area contributed by atoms with E-state index in [1.807, 2.05) is 0 Å². The zero-order chi connectivity index (χ0) is 18.3. The summed E-state index contributed by atoms with van der Waals surface area (Å²) in [5.74, 6) is -3.30. The van der Waals surface area contributed by atoms with Gasteiger partial charge in [0.15, 0.2) is 17.7 Å². The Hall–Kier alpha value is -2.77. The molecule has 3 rings (SSSR count). The van der Waals surface area contributed by atoms with Crippen LogP contribution in [0.15, 0.2) is 30.3 Å². The van der Waals surface area contributed by atoms with Gasteiger partial charge in [0, 0.05) is 11.6 Å². The Balaban J connectivity index is 2.06. The third kappa shape index (κ3) is 2.99. The Kier molecular flexibility index (Phi) is 4.28.